The number of fused-ring (bicyclic) bond motifs is 1. The summed E-state index contributed by atoms with van der Waals surface area (Å²) in [5.41, 5.74) is 0.172. The topological polar surface area (TPSA) is 62.7 Å². The fraction of sp³-hybridized carbons (Fsp3) is 0.417. The van der Waals surface area contributed by atoms with Crippen molar-refractivity contribution in [2.45, 2.75) is 31.0 Å². The molecule has 1 N–H and O–H groups in total. The Hall–Kier alpha value is -2.49. The van der Waals surface area contributed by atoms with E-state index in [0.29, 0.717) is 46.8 Å². The normalized spacial score (nSPS) is 19.0. The Labute approximate surface area is 192 Å². The highest BCUT2D eigenvalue weighted by molar-refractivity contribution is 7.18. The van der Waals surface area contributed by atoms with Gasteiger partial charge in [-0.1, -0.05) is 12.1 Å². The van der Waals surface area contributed by atoms with E-state index in [4.69, 9.17) is 4.74 Å². The lowest BCUT2D eigenvalue weighted by molar-refractivity contribution is -0.184. The molecule has 5 nitrogen and oxygen atoms in total. The molecule has 174 valence electrons. The first-order valence-electron chi connectivity index (χ1n) is 10.9. The van der Waals surface area contributed by atoms with Crippen LogP contribution in [0.2, 0.25) is 0 Å². The highest BCUT2D eigenvalue weighted by atomic mass is 32.1. The second-order valence-corrected chi connectivity index (χ2v) is 9.95. The average molecular weight is 477 g/mol. The van der Waals surface area contributed by atoms with E-state index in [0.717, 1.165) is 30.0 Å². The minimum absolute atomic E-state index is 0.0567. The number of amides is 1. The lowest BCUT2D eigenvalue weighted by Gasteiger charge is -2.37. The molecule has 2 aliphatic heterocycles. The minimum Gasteiger partial charge on any atom is -0.380 e. The van der Waals surface area contributed by atoms with Crippen LogP contribution in [0.4, 0.5) is 13.2 Å². The van der Waals surface area contributed by atoms with Crippen molar-refractivity contribution in [3.8, 4) is 0 Å². The minimum atomic E-state index is -4.36. The number of aliphatic hydroxyl groups is 1. The molecular weight excluding hydrogens is 453 g/mol. The lowest BCUT2D eigenvalue weighted by Crippen LogP contribution is -2.46. The number of halogens is 3. The van der Waals surface area contributed by atoms with Crippen LogP contribution in [0.25, 0.3) is 10.2 Å². The van der Waals surface area contributed by atoms with Crippen LogP contribution >= 0.6 is 11.3 Å². The summed E-state index contributed by atoms with van der Waals surface area (Å²) in [5, 5.41) is 11.3. The Kier molecular flexibility index (Phi) is 5.66. The Bertz CT molecular complexity index is 1180. The molecule has 2 saturated heterocycles. The van der Waals surface area contributed by atoms with Gasteiger partial charge in [-0.3, -0.25) is 4.79 Å². The standard InChI is InChI=1S/C24H23F3N2O3S/c25-24(26,27)18-4-5-19-20(12-18)33-21(28-19)10-15-6-8-29(9-7-15)22(30)16-2-1-3-17(11-16)23(31)13-32-14-23/h1-5,11-12,15,31H,6-10,13-14H2. The quantitative estimate of drug-likeness (QED) is 0.597. The van der Waals surface area contributed by atoms with Crippen LogP contribution in [0, 0.1) is 5.92 Å². The second kappa shape index (κ2) is 8.38. The number of ether oxygens (including phenoxy) is 1. The molecule has 0 bridgehead atoms. The first-order chi connectivity index (χ1) is 15.7. The molecule has 9 heteroatoms. The number of hydrogen-bond acceptors (Lipinski definition) is 5. The summed E-state index contributed by atoms with van der Waals surface area (Å²) in [7, 11) is 0. The highest BCUT2D eigenvalue weighted by Crippen LogP contribution is 2.34. The molecule has 2 aromatic carbocycles. The number of likely N-dealkylation sites (tertiary alicyclic amines) is 1. The van der Waals surface area contributed by atoms with E-state index < -0.39 is 17.3 Å². The summed E-state index contributed by atoms with van der Waals surface area (Å²) in [5.74, 6) is 0.273. The molecule has 0 atom stereocenters. The predicted molar refractivity (Wildman–Crippen MR) is 118 cm³/mol. The van der Waals surface area contributed by atoms with Crippen LogP contribution in [-0.4, -0.2) is 47.2 Å². The zero-order valence-electron chi connectivity index (χ0n) is 17.8. The SMILES string of the molecule is O=C(c1cccc(C2(O)COC2)c1)N1CCC(Cc2nc3ccc(C(F)(F)F)cc3s2)CC1. The number of hydrogen-bond donors (Lipinski definition) is 1. The van der Waals surface area contributed by atoms with Crippen molar-refractivity contribution in [1.82, 2.24) is 9.88 Å². The number of piperidine rings is 1. The van der Waals surface area contributed by atoms with Gasteiger partial charge in [0.05, 0.1) is 34.0 Å². The van der Waals surface area contributed by atoms with Crippen LogP contribution in [0.1, 0.15) is 39.3 Å². The maximum atomic E-state index is 13.0. The number of thiazole rings is 1. The summed E-state index contributed by atoms with van der Waals surface area (Å²) in [4.78, 5) is 19.3. The van der Waals surface area contributed by atoms with Crippen LogP contribution < -0.4 is 0 Å². The molecule has 33 heavy (non-hydrogen) atoms. The van der Waals surface area contributed by atoms with Crippen molar-refractivity contribution in [3.05, 3.63) is 64.2 Å². The zero-order chi connectivity index (χ0) is 23.2. The number of nitrogens with zero attached hydrogens (tertiary/aromatic N) is 2. The van der Waals surface area contributed by atoms with Gasteiger partial charge in [-0.05, 0) is 54.7 Å². The summed E-state index contributed by atoms with van der Waals surface area (Å²) in [6, 6.07) is 10.8. The van der Waals surface area contributed by atoms with E-state index >= 15 is 0 Å². The van der Waals surface area contributed by atoms with Crippen molar-refractivity contribution in [3.63, 3.8) is 0 Å². The summed E-state index contributed by atoms with van der Waals surface area (Å²) in [6.45, 7) is 1.70. The number of carbonyl (C=O) groups is 1. The molecule has 0 unspecified atom stereocenters. The molecule has 0 radical (unpaired) electrons. The van der Waals surface area contributed by atoms with Crippen LogP contribution in [0.5, 0.6) is 0 Å². The van der Waals surface area contributed by atoms with E-state index in [2.05, 4.69) is 4.98 Å². The van der Waals surface area contributed by atoms with Gasteiger partial charge in [0.2, 0.25) is 0 Å². The lowest BCUT2D eigenvalue weighted by atomic mass is 9.90. The van der Waals surface area contributed by atoms with Gasteiger partial charge in [0, 0.05) is 25.1 Å². The van der Waals surface area contributed by atoms with Crippen molar-refractivity contribution >= 4 is 27.5 Å². The average Bonchev–Trinajstić information content (AvgIpc) is 3.18. The molecular formula is C24H23F3N2O3S. The third-order valence-corrected chi connectivity index (χ3v) is 7.49. The zero-order valence-corrected chi connectivity index (χ0v) is 18.6. The monoisotopic (exact) mass is 476 g/mol. The number of rotatable bonds is 4. The van der Waals surface area contributed by atoms with Gasteiger partial charge in [0.15, 0.2) is 0 Å². The third-order valence-electron chi connectivity index (χ3n) is 6.45. The fourth-order valence-electron chi connectivity index (χ4n) is 4.41. The molecule has 3 aromatic rings. The number of aromatic nitrogens is 1. The third kappa shape index (κ3) is 4.49. The molecule has 0 saturated carbocycles. The van der Waals surface area contributed by atoms with Gasteiger partial charge in [-0.25, -0.2) is 4.98 Å². The van der Waals surface area contributed by atoms with Crippen molar-refractivity contribution in [2.24, 2.45) is 5.92 Å². The molecule has 2 aliphatic rings. The molecule has 1 aromatic heterocycles. The highest BCUT2D eigenvalue weighted by Gasteiger charge is 2.38. The van der Waals surface area contributed by atoms with Crippen molar-refractivity contribution < 1.29 is 27.8 Å². The molecule has 5 rings (SSSR count). The Balaban J connectivity index is 1.21. The number of benzene rings is 2. The van der Waals surface area contributed by atoms with Crippen LogP contribution in [0.3, 0.4) is 0 Å². The van der Waals surface area contributed by atoms with E-state index in [-0.39, 0.29) is 19.1 Å². The summed E-state index contributed by atoms with van der Waals surface area (Å²) in [6.07, 6.45) is -2.04. The Morgan fingerprint density at radius 2 is 1.94 bits per heavy atom. The van der Waals surface area contributed by atoms with Gasteiger partial charge in [-0.2, -0.15) is 13.2 Å². The smallest absolute Gasteiger partial charge is 0.380 e. The molecule has 1 amide bonds. The number of alkyl halides is 3. The van der Waals surface area contributed by atoms with Gasteiger partial charge >= 0.3 is 6.18 Å². The first kappa shape index (κ1) is 22.3. The van der Waals surface area contributed by atoms with E-state index in [9.17, 15) is 23.1 Å². The van der Waals surface area contributed by atoms with E-state index in [1.54, 1.807) is 24.3 Å². The van der Waals surface area contributed by atoms with Gasteiger partial charge in [0.25, 0.3) is 5.91 Å². The fourth-order valence-corrected chi connectivity index (χ4v) is 5.53. The van der Waals surface area contributed by atoms with Crippen LogP contribution in [-0.2, 0) is 22.9 Å². The van der Waals surface area contributed by atoms with Crippen molar-refractivity contribution in [1.29, 1.82) is 0 Å². The molecule has 0 aliphatic carbocycles. The van der Waals surface area contributed by atoms with Gasteiger partial charge in [0.1, 0.15) is 5.60 Å². The number of carbonyl (C=O) groups excluding carboxylic acids is 1. The largest absolute Gasteiger partial charge is 0.416 e. The van der Waals surface area contributed by atoms with Gasteiger partial charge in [-0.15, -0.1) is 11.3 Å². The van der Waals surface area contributed by atoms with Crippen LogP contribution in [0.15, 0.2) is 42.5 Å². The maximum absolute atomic E-state index is 13.0. The maximum Gasteiger partial charge on any atom is 0.416 e. The van der Waals surface area contributed by atoms with E-state index in [1.807, 2.05) is 4.90 Å². The van der Waals surface area contributed by atoms with E-state index in [1.165, 1.54) is 17.4 Å². The van der Waals surface area contributed by atoms with Gasteiger partial charge < -0.3 is 14.7 Å². The molecule has 2 fully saturated rings. The predicted octanol–water partition coefficient (Wildman–Crippen LogP) is 4.63. The molecule has 0 spiro atoms. The molecule has 3 heterocycles. The Morgan fingerprint density at radius 1 is 1.18 bits per heavy atom. The Morgan fingerprint density at radius 3 is 2.61 bits per heavy atom. The first-order valence-corrected chi connectivity index (χ1v) is 11.7. The summed E-state index contributed by atoms with van der Waals surface area (Å²) < 4.78 is 44.5. The second-order valence-electron chi connectivity index (χ2n) is 8.83. The van der Waals surface area contributed by atoms with Crippen molar-refractivity contribution in [2.75, 3.05) is 26.3 Å². The summed E-state index contributed by atoms with van der Waals surface area (Å²) >= 11 is 1.31.